The largest absolute Gasteiger partial charge is 0.490 e. The zero-order valence-electron chi connectivity index (χ0n) is 15.3. The van der Waals surface area contributed by atoms with Crippen molar-refractivity contribution in [3.05, 3.63) is 77.4 Å². The summed E-state index contributed by atoms with van der Waals surface area (Å²) in [5, 5.41) is 8.72. The van der Waals surface area contributed by atoms with Crippen molar-refractivity contribution in [2.45, 2.75) is 13.8 Å². The molecule has 140 valence electrons. The van der Waals surface area contributed by atoms with Crippen molar-refractivity contribution >= 4 is 17.8 Å². The number of ketones is 1. The summed E-state index contributed by atoms with van der Waals surface area (Å²) in [7, 11) is 0. The highest BCUT2D eigenvalue weighted by atomic mass is 16.5. The summed E-state index contributed by atoms with van der Waals surface area (Å²) in [5.41, 5.74) is 2.36. The SMILES string of the molecule is CC(C)=CCOc1ccc(/C=C/C(=O)c2ccccc2OCC(=O)O)cc1. The second-order valence-corrected chi connectivity index (χ2v) is 6.04. The van der Waals surface area contributed by atoms with E-state index in [2.05, 4.69) is 0 Å². The van der Waals surface area contributed by atoms with Crippen molar-refractivity contribution in [3.63, 3.8) is 0 Å². The molecule has 0 aliphatic rings. The van der Waals surface area contributed by atoms with Gasteiger partial charge in [0.05, 0.1) is 5.56 Å². The molecular weight excluding hydrogens is 344 g/mol. The lowest BCUT2D eigenvalue weighted by atomic mass is 10.1. The highest BCUT2D eigenvalue weighted by Gasteiger charge is 2.10. The molecule has 0 unspecified atom stereocenters. The molecule has 2 aromatic rings. The summed E-state index contributed by atoms with van der Waals surface area (Å²) in [5.74, 6) is -0.361. The Bertz CT molecular complexity index is 843. The van der Waals surface area contributed by atoms with Gasteiger partial charge in [-0.05, 0) is 55.8 Å². The molecule has 0 bridgehead atoms. The molecule has 0 aromatic heterocycles. The zero-order valence-corrected chi connectivity index (χ0v) is 15.3. The van der Waals surface area contributed by atoms with E-state index >= 15 is 0 Å². The molecule has 5 heteroatoms. The molecule has 0 saturated heterocycles. The van der Waals surface area contributed by atoms with Gasteiger partial charge in [0.1, 0.15) is 18.1 Å². The van der Waals surface area contributed by atoms with Crippen LogP contribution in [0.2, 0.25) is 0 Å². The van der Waals surface area contributed by atoms with Crippen LogP contribution in [0, 0.1) is 0 Å². The van der Waals surface area contributed by atoms with Gasteiger partial charge in [0.2, 0.25) is 0 Å². The number of carbonyl (C=O) groups excluding carboxylic acids is 1. The molecule has 0 radical (unpaired) electrons. The molecule has 2 rings (SSSR count). The first-order valence-corrected chi connectivity index (χ1v) is 8.48. The summed E-state index contributed by atoms with van der Waals surface area (Å²) in [4.78, 5) is 23.1. The Labute approximate surface area is 158 Å². The minimum absolute atomic E-state index is 0.248. The fourth-order valence-corrected chi connectivity index (χ4v) is 2.18. The van der Waals surface area contributed by atoms with Crippen molar-refractivity contribution in [2.24, 2.45) is 0 Å². The van der Waals surface area contributed by atoms with E-state index in [1.807, 2.05) is 44.2 Å². The van der Waals surface area contributed by atoms with E-state index < -0.39 is 12.6 Å². The summed E-state index contributed by atoms with van der Waals surface area (Å²) < 4.78 is 10.8. The third kappa shape index (κ3) is 6.82. The van der Waals surface area contributed by atoms with E-state index in [-0.39, 0.29) is 11.5 Å². The molecule has 27 heavy (non-hydrogen) atoms. The van der Waals surface area contributed by atoms with Crippen LogP contribution in [0.4, 0.5) is 0 Å². The molecule has 0 heterocycles. The van der Waals surface area contributed by atoms with Gasteiger partial charge >= 0.3 is 5.97 Å². The Hall–Kier alpha value is -3.34. The summed E-state index contributed by atoms with van der Waals surface area (Å²) in [6.07, 6.45) is 5.12. The van der Waals surface area contributed by atoms with E-state index in [0.29, 0.717) is 12.2 Å². The topological polar surface area (TPSA) is 72.8 Å². The van der Waals surface area contributed by atoms with Gasteiger partial charge < -0.3 is 14.6 Å². The Morgan fingerprint density at radius 1 is 1.00 bits per heavy atom. The second-order valence-electron chi connectivity index (χ2n) is 6.04. The number of aliphatic carboxylic acids is 1. The average molecular weight is 366 g/mol. The smallest absolute Gasteiger partial charge is 0.341 e. The van der Waals surface area contributed by atoms with Crippen LogP contribution in [0.15, 0.2) is 66.3 Å². The van der Waals surface area contributed by atoms with Gasteiger partial charge in [-0.15, -0.1) is 0 Å². The number of carboxylic acid groups (broad SMARTS) is 1. The van der Waals surface area contributed by atoms with Crippen LogP contribution >= 0.6 is 0 Å². The third-order valence-corrected chi connectivity index (χ3v) is 3.55. The highest BCUT2D eigenvalue weighted by molar-refractivity contribution is 6.08. The van der Waals surface area contributed by atoms with E-state index in [0.717, 1.165) is 11.3 Å². The lowest BCUT2D eigenvalue weighted by Gasteiger charge is -2.07. The van der Waals surface area contributed by atoms with Crippen LogP contribution in [0.3, 0.4) is 0 Å². The molecule has 5 nitrogen and oxygen atoms in total. The standard InChI is InChI=1S/C22H22O5/c1-16(2)13-14-26-18-10-7-17(8-11-18)9-12-20(23)19-5-3-4-6-21(19)27-15-22(24)25/h3-13H,14-15H2,1-2H3,(H,24,25)/b12-9+. The lowest BCUT2D eigenvalue weighted by Crippen LogP contribution is -2.11. The van der Waals surface area contributed by atoms with Gasteiger partial charge in [0.25, 0.3) is 0 Å². The first-order valence-electron chi connectivity index (χ1n) is 8.48. The van der Waals surface area contributed by atoms with E-state index in [1.54, 1.807) is 30.3 Å². The van der Waals surface area contributed by atoms with Crippen LogP contribution in [-0.2, 0) is 4.79 Å². The fourth-order valence-electron chi connectivity index (χ4n) is 2.18. The number of hydrogen-bond donors (Lipinski definition) is 1. The van der Waals surface area contributed by atoms with Crippen LogP contribution < -0.4 is 9.47 Å². The molecule has 0 atom stereocenters. The molecular formula is C22H22O5. The molecule has 1 N–H and O–H groups in total. The maximum Gasteiger partial charge on any atom is 0.341 e. The number of ether oxygens (including phenoxy) is 2. The van der Waals surface area contributed by atoms with Gasteiger partial charge in [-0.3, -0.25) is 4.79 Å². The maximum atomic E-state index is 12.4. The van der Waals surface area contributed by atoms with Crippen LogP contribution in [0.5, 0.6) is 11.5 Å². The van der Waals surface area contributed by atoms with Gasteiger partial charge in [0.15, 0.2) is 12.4 Å². The zero-order chi connectivity index (χ0) is 19.6. The predicted molar refractivity (Wildman–Crippen MR) is 104 cm³/mol. The van der Waals surface area contributed by atoms with Crippen molar-refractivity contribution in [3.8, 4) is 11.5 Å². The number of para-hydroxylation sites is 1. The summed E-state index contributed by atoms with van der Waals surface area (Å²) >= 11 is 0. The van der Waals surface area contributed by atoms with E-state index in [4.69, 9.17) is 14.6 Å². The number of rotatable bonds is 9. The van der Waals surface area contributed by atoms with Crippen molar-refractivity contribution in [2.75, 3.05) is 13.2 Å². The average Bonchev–Trinajstić information content (AvgIpc) is 2.65. The first kappa shape index (κ1) is 20.0. The van der Waals surface area contributed by atoms with Gasteiger partial charge in [-0.1, -0.05) is 35.9 Å². The number of allylic oxidation sites excluding steroid dienone is 2. The third-order valence-electron chi connectivity index (χ3n) is 3.55. The van der Waals surface area contributed by atoms with Crippen molar-refractivity contribution < 1.29 is 24.2 Å². The Kier molecular flexibility index (Phi) is 7.37. The molecule has 0 amide bonds. The minimum Gasteiger partial charge on any atom is -0.490 e. The maximum absolute atomic E-state index is 12.4. The van der Waals surface area contributed by atoms with Crippen molar-refractivity contribution in [1.29, 1.82) is 0 Å². The Morgan fingerprint density at radius 3 is 2.37 bits per heavy atom. The fraction of sp³-hybridized carbons (Fsp3) is 0.182. The number of hydrogen-bond acceptors (Lipinski definition) is 4. The van der Waals surface area contributed by atoms with Gasteiger partial charge in [0, 0.05) is 0 Å². The quantitative estimate of drug-likeness (QED) is 0.405. The molecule has 0 fully saturated rings. The van der Waals surface area contributed by atoms with Crippen LogP contribution in [0.1, 0.15) is 29.8 Å². The van der Waals surface area contributed by atoms with Gasteiger partial charge in [-0.25, -0.2) is 4.79 Å². The molecule has 0 saturated carbocycles. The lowest BCUT2D eigenvalue weighted by molar-refractivity contribution is -0.139. The summed E-state index contributed by atoms with van der Waals surface area (Å²) in [6, 6.07) is 14.0. The van der Waals surface area contributed by atoms with Gasteiger partial charge in [-0.2, -0.15) is 0 Å². The first-order chi connectivity index (χ1) is 13.0. The summed E-state index contributed by atoms with van der Waals surface area (Å²) in [6.45, 7) is 4.05. The van der Waals surface area contributed by atoms with Crippen molar-refractivity contribution in [1.82, 2.24) is 0 Å². The van der Waals surface area contributed by atoms with E-state index in [1.165, 1.54) is 11.6 Å². The highest BCUT2D eigenvalue weighted by Crippen LogP contribution is 2.20. The molecule has 0 aliphatic carbocycles. The number of carboxylic acids is 1. The minimum atomic E-state index is -1.10. The predicted octanol–water partition coefficient (Wildman–Crippen LogP) is 4.39. The second kappa shape index (κ2) is 9.97. The normalized spacial score (nSPS) is 10.4. The Balaban J connectivity index is 2.02. The molecule has 0 aliphatic heterocycles. The number of carbonyl (C=O) groups is 2. The molecule has 0 spiro atoms. The van der Waals surface area contributed by atoms with Crippen LogP contribution in [0.25, 0.3) is 6.08 Å². The molecule has 2 aromatic carbocycles. The van der Waals surface area contributed by atoms with Crippen LogP contribution in [-0.4, -0.2) is 30.1 Å². The Morgan fingerprint density at radius 2 is 1.70 bits per heavy atom. The van der Waals surface area contributed by atoms with E-state index in [9.17, 15) is 9.59 Å². The monoisotopic (exact) mass is 366 g/mol. The number of benzene rings is 2.